The smallest absolute Gasteiger partial charge is 0.339 e. The van der Waals surface area contributed by atoms with Crippen molar-refractivity contribution in [3.05, 3.63) is 48.2 Å². The molecule has 0 bridgehead atoms. The molecule has 0 spiro atoms. The van der Waals surface area contributed by atoms with Crippen LogP contribution in [-0.4, -0.2) is 38.5 Å². The average molecular weight is 339 g/mol. The van der Waals surface area contributed by atoms with E-state index in [9.17, 15) is 9.59 Å². The molecule has 0 aromatic carbocycles. The molecule has 0 saturated carbocycles. The lowest BCUT2D eigenvalue weighted by molar-refractivity contribution is 0.0600. The minimum atomic E-state index is -0.522. The van der Waals surface area contributed by atoms with Gasteiger partial charge in [0.2, 0.25) is 0 Å². The monoisotopic (exact) mass is 339 g/mol. The van der Waals surface area contributed by atoms with Gasteiger partial charge in [0, 0.05) is 18.4 Å². The summed E-state index contributed by atoms with van der Waals surface area (Å²) in [4.78, 5) is 36.5. The van der Waals surface area contributed by atoms with E-state index < -0.39 is 5.97 Å². The van der Waals surface area contributed by atoms with Gasteiger partial charge in [0.05, 0.1) is 36.4 Å². The van der Waals surface area contributed by atoms with Gasteiger partial charge >= 0.3 is 5.97 Å². The summed E-state index contributed by atoms with van der Waals surface area (Å²) in [6, 6.07) is 3.40. The predicted octanol–water partition coefficient (Wildman–Crippen LogP) is 2.45. The number of nitrogens with one attached hydrogen (secondary N) is 1. The Bertz CT molecular complexity index is 948. The molecule has 128 valence electrons. The molecule has 25 heavy (non-hydrogen) atoms. The topological polar surface area (TPSA) is 99.0 Å². The summed E-state index contributed by atoms with van der Waals surface area (Å²) in [6.45, 7) is 4.06. The first-order valence-electron chi connectivity index (χ1n) is 7.67. The van der Waals surface area contributed by atoms with E-state index in [0.717, 1.165) is 5.65 Å². The molecule has 8 nitrogen and oxygen atoms in total. The van der Waals surface area contributed by atoms with Gasteiger partial charge in [-0.25, -0.2) is 14.8 Å². The number of nitrogens with zero attached hydrogens (tertiary/aromatic N) is 4. The highest BCUT2D eigenvalue weighted by Crippen LogP contribution is 2.17. The fraction of sp³-hybridized carbons (Fsp3) is 0.235. The normalized spacial score (nSPS) is 10.9. The maximum atomic E-state index is 12.4. The molecule has 0 saturated heterocycles. The number of esters is 1. The van der Waals surface area contributed by atoms with Crippen LogP contribution < -0.4 is 5.32 Å². The van der Waals surface area contributed by atoms with Crippen LogP contribution in [-0.2, 0) is 4.74 Å². The van der Waals surface area contributed by atoms with E-state index in [0.29, 0.717) is 16.8 Å². The molecule has 3 heterocycles. The fourth-order valence-corrected chi connectivity index (χ4v) is 2.36. The molecule has 3 aromatic heterocycles. The Morgan fingerprint density at radius 3 is 2.64 bits per heavy atom. The average Bonchev–Trinajstić information content (AvgIpc) is 3.04. The van der Waals surface area contributed by atoms with Gasteiger partial charge in [0.15, 0.2) is 5.65 Å². The molecule has 1 amide bonds. The van der Waals surface area contributed by atoms with E-state index in [1.807, 2.05) is 18.4 Å². The zero-order valence-electron chi connectivity index (χ0n) is 14.1. The standard InChI is InChI=1S/C17H17N5O3/c1-10(2)22-9-20-14-5-11(7-19-15(14)22)16(23)21-13-4-12(6-18-8-13)17(24)25-3/h4-10H,1-3H3,(H,21,23). The number of fused-ring (bicyclic) bond motifs is 1. The van der Waals surface area contributed by atoms with E-state index >= 15 is 0 Å². The second-order valence-corrected chi connectivity index (χ2v) is 5.72. The van der Waals surface area contributed by atoms with Crippen molar-refractivity contribution in [3.8, 4) is 0 Å². The van der Waals surface area contributed by atoms with Crippen LogP contribution in [0.4, 0.5) is 5.69 Å². The Morgan fingerprint density at radius 2 is 1.92 bits per heavy atom. The van der Waals surface area contributed by atoms with Crippen molar-refractivity contribution in [2.75, 3.05) is 12.4 Å². The molecular formula is C17H17N5O3. The lowest BCUT2D eigenvalue weighted by atomic mass is 10.2. The summed E-state index contributed by atoms with van der Waals surface area (Å²) in [5.74, 6) is -0.886. The first-order chi connectivity index (χ1) is 12.0. The van der Waals surface area contributed by atoms with Crippen molar-refractivity contribution in [1.29, 1.82) is 0 Å². The van der Waals surface area contributed by atoms with Crippen molar-refractivity contribution in [1.82, 2.24) is 19.5 Å². The number of hydrogen-bond acceptors (Lipinski definition) is 6. The molecule has 0 unspecified atom stereocenters. The Morgan fingerprint density at radius 1 is 1.12 bits per heavy atom. The Kier molecular flexibility index (Phi) is 4.42. The summed E-state index contributed by atoms with van der Waals surface area (Å²) in [7, 11) is 1.28. The van der Waals surface area contributed by atoms with Crippen LogP contribution in [0.3, 0.4) is 0 Å². The first-order valence-corrected chi connectivity index (χ1v) is 7.67. The van der Waals surface area contributed by atoms with Gasteiger partial charge in [-0.05, 0) is 26.0 Å². The van der Waals surface area contributed by atoms with Gasteiger partial charge in [-0.15, -0.1) is 0 Å². The van der Waals surface area contributed by atoms with E-state index in [-0.39, 0.29) is 17.5 Å². The molecule has 0 fully saturated rings. The van der Waals surface area contributed by atoms with E-state index in [1.54, 1.807) is 12.4 Å². The third kappa shape index (κ3) is 3.32. The van der Waals surface area contributed by atoms with E-state index in [4.69, 9.17) is 0 Å². The number of imidazole rings is 1. The van der Waals surface area contributed by atoms with E-state index in [1.165, 1.54) is 31.8 Å². The molecule has 8 heteroatoms. The van der Waals surface area contributed by atoms with Gasteiger partial charge in [-0.1, -0.05) is 0 Å². The van der Waals surface area contributed by atoms with Gasteiger partial charge in [0.25, 0.3) is 5.91 Å². The summed E-state index contributed by atoms with van der Waals surface area (Å²) in [5.41, 5.74) is 2.37. The van der Waals surface area contributed by atoms with Crippen LogP contribution in [0.15, 0.2) is 37.1 Å². The number of carbonyl (C=O) groups excluding carboxylic acids is 2. The highest BCUT2D eigenvalue weighted by molar-refractivity contribution is 6.05. The zero-order chi connectivity index (χ0) is 18.0. The lowest BCUT2D eigenvalue weighted by Crippen LogP contribution is -2.13. The second-order valence-electron chi connectivity index (χ2n) is 5.72. The highest BCUT2D eigenvalue weighted by Gasteiger charge is 2.13. The van der Waals surface area contributed by atoms with Crippen LogP contribution in [0.1, 0.15) is 40.6 Å². The Labute approximate surface area is 143 Å². The van der Waals surface area contributed by atoms with Crippen molar-refractivity contribution >= 4 is 28.7 Å². The van der Waals surface area contributed by atoms with Crippen LogP contribution >= 0.6 is 0 Å². The fourth-order valence-electron chi connectivity index (χ4n) is 2.36. The number of ether oxygens (including phenoxy) is 1. The summed E-state index contributed by atoms with van der Waals surface area (Å²) in [6.07, 6.45) is 6.01. The van der Waals surface area contributed by atoms with Crippen molar-refractivity contribution < 1.29 is 14.3 Å². The van der Waals surface area contributed by atoms with Crippen LogP contribution in [0, 0.1) is 0 Å². The van der Waals surface area contributed by atoms with Crippen LogP contribution in [0.5, 0.6) is 0 Å². The second kappa shape index (κ2) is 6.68. The number of carbonyl (C=O) groups is 2. The molecule has 3 rings (SSSR count). The van der Waals surface area contributed by atoms with Crippen LogP contribution in [0.2, 0.25) is 0 Å². The maximum Gasteiger partial charge on any atom is 0.339 e. The molecule has 0 radical (unpaired) electrons. The third-order valence-electron chi connectivity index (χ3n) is 3.65. The number of methoxy groups -OCH3 is 1. The molecule has 0 atom stereocenters. The first kappa shape index (κ1) is 16.6. The van der Waals surface area contributed by atoms with Gasteiger partial charge in [0.1, 0.15) is 5.52 Å². The van der Waals surface area contributed by atoms with Crippen molar-refractivity contribution in [3.63, 3.8) is 0 Å². The maximum absolute atomic E-state index is 12.4. The summed E-state index contributed by atoms with van der Waals surface area (Å²) >= 11 is 0. The molecule has 0 aliphatic heterocycles. The zero-order valence-corrected chi connectivity index (χ0v) is 14.1. The van der Waals surface area contributed by atoms with Gasteiger partial charge < -0.3 is 14.6 Å². The minimum Gasteiger partial charge on any atom is -0.465 e. The quantitative estimate of drug-likeness (QED) is 0.733. The van der Waals surface area contributed by atoms with Crippen molar-refractivity contribution in [2.24, 2.45) is 0 Å². The number of aromatic nitrogens is 4. The number of amides is 1. The van der Waals surface area contributed by atoms with E-state index in [2.05, 4.69) is 25.0 Å². The van der Waals surface area contributed by atoms with Gasteiger partial charge in [-0.3, -0.25) is 9.78 Å². The highest BCUT2D eigenvalue weighted by atomic mass is 16.5. The molecule has 0 aliphatic rings. The lowest BCUT2D eigenvalue weighted by Gasteiger charge is -2.08. The number of anilines is 1. The SMILES string of the molecule is COC(=O)c1cncc(NC(=O)c2cnc3c(c2)ncn3C(C)C)c1. The third-order valence-corrected chi connectivity index (χ3v) is 3.65. The number of rotatable bonds is 4. The largest absolute Gasteiger partial charge is 0.465 e. The molecular weight excluding hydrogens is 322 g/mol. The Balaban J connectivity index is 1.84. The minimum absolute atomic E-state index is 0.226. The molecule has 1 N–H and O–H groups in total. The number of hydrogen-bond donors (Lipinski definition) is 1. The van der Waals surface area contributed by atoms with Gasteiger partial charge in [-0.2, -0.15) is 0 Å². The predicted molar refractivity (Wildman–Crippen MR) is 91.4 cm³/mol. The van der Waals surface area contributed by atoms with Crippen molar-refractivity contribution in [2.45, 2.75) is 19.9 Å². The summed E-state index contributed by atoms with van der Waals surface area (Å²) < 4.78 is 6.57. The molecule has 0 aliphatic carbocycles. The number of pyridine rings is 2. The van der Waals surface area contributed by atoms with Crippen LogP contribution in [0.25, 0.3) is 11.2 Å². The molecule has 3 aromatic rings. The summed E-state index contributed by atoms with van der Waals surface area (Å²) in [5, 5.41) is 2.69. The Hall–Kier alpha value is -3.29.